The fourth-order valence-electron chi connectivity index (χ4n) is 1.89. The summed E-state index contributed by atoms with van der Waals surface area (Å²) in [7, 11) is 0. The highest BCUT2D eigenvalue weighted by atomic mass is 16.4. The van der Waals surface area contributed by atoms with Crippen LogP contribution in [-0.4, -0.2) is 16.1 Å². The van der Waals surface area contributed by atoms with Gasteiger partial charge < -0.3 is 5.11 Å². The molecule has 0 aromatic carbocycles. The van der Waals surface area contributed by atoms with Gasteiger partial charge in [0.15, 0.2) is 0 Å². The molecule has 1 aliphatic carbocycles. The second kappa shape index (κ2) is 3.17. The van der Waals surface area contributed by atoms with Crippen molar-refractivity contribution in [2.75, 3.05) is 0 Å². The molecule has 1 N–H and O–H groups in total. The van der Waals surface area contributed by atoms with E-state index in [1.165, 1.54) is 5.56 Å². The Morgan fingerprint density at radius 1 is 1.62 bits per heavy atom. The van der Waals surface area contributed by atoms with E-state index in [0.717, 1.165) is 18.5 Å². The summed E-state index contributed by atoms with van der Waals surface area (Å²) in [5.41, 5.74) is 2.29. The number of pyridine rings is 1. The van der Waals surface area contributed by atoms with Crippen molar-refractivity contribution >= 4 is 5.97 Å². The Bertz CT molecular complexity index is 310. The van der Waals surface area contributed by atoms with Crippen molar-refractivity contribution in [2.24, 2.45) is 5.92 Å². The molecular formula is C10H11NO2. The lowest BCUT2D eigenvalue weighted by Gasteiger charge is -2.02. The van der Waals surface area contributed by atoms with Gasteiger partial charge in [-0.15, -0.1) is 0 Å². The normalized spacial score (nSPS) is 19.8. The van der Waals surface area contributed by atoms with E-state index in [1.54, 1.807) is 6.20 Å². The molecule has 0 bridgehead atoms. The van der Waals surface area contributed by atoms with Gasteiger partial charge in [-0.1, -0.05) is 6.07 Å². The third kappa shape index (κ3) is 1.69. The van der Waals surface area contributed by atoms with E-state index in [2.05, 4.69) is 4.98 Å². The van der Waals surface area contributed by atoms with Crippen LogP contribution in [0.25, 0.3) is 0 Å². The highest BCUT2D eigenvalue weighted by Gasteiger charge is 2.23. The van der Waals surface area contributed by atoms with Crippen LogP contribution < -0.4 is 0 Å². The standard InChI is InChI=1S/C10H11NO2/c12-10(13)6-7-4-8-2-1-3-11-9(8)5-7/h1-3,7H,4-6H2,(H,12,13). The summed E-state index contributed by atoms with van der Waals surface area (Å²) in [6, 6.07) is 3.94. The lowest BCUT2D eigenvalue weighted by Crippen LogP contribution is -2.07. The van der Waals surface area contributed by atoms with Crippen LogP contribution in [0.3, 0.4) is 0 Å². The maximum absolute atomic E-state index is 10.5. The van der Waals surface area contributed by atoms with Gasteiger partial charge in [-0.2, -0.15) is 0 Å². The number of hydrogen-bond donors (Lipinski definition) is 1. The van der Waals surface area contributed by atoms with Crippen LogP contribution in [-0.2, 0) is 17.6 Å². The molecule has 2 rings (SSSR count). The van der Waals surface area contributed by atoms with E-state index in [1.807, 2.05) is 12.1 Å². The minimum atomic E-state index is -0.710. The Balaban J connectivity index is 2.09. The van der Waals surface area contributed by atoms with Crippen molar-refractivity contribution in [1.29, 1.82) is 0 Å². The highest BCUT2D eigenvalue weighted by Crippen LogP contribution is 2.26. The zero-order valence-electron chi connectivity index (χ0n) is 7.23. The quantitative estimate of drug-likeness (QED) is 0.740. The SMILES string of the molecule is O=C(O)CC1Cc2cccnc2C1. The third-order valence-electron chi connectivity index (χ3n) is 2.44. The maximum Gasteiger partial charge on any atom is 0.303 e. The van der Waals surface area contributed by atoms with E-state index in [9.17, 15) is 4.79 Å². The van der Waals surface area contributed by atoms with E-state index < -0.39 is 5.97 Å². The molecular weight excluding hydrogens is 166 g/mol. The molecule has 0 saturated heterocycles. The Labute approximate surface area is 76.4 Å². The molecule has 0 spiro atoms. The van der Waals surface area contributed by atoms with Gasteiger partial charge in [0, 0.05) is 18.3 Å². The van der Waals surface area contributed by atoms with Crippen molar-refractivity contribution in [2.45, 2.75) is 19.3 Å². The molecule has 68 valence electrons. The molecule has 13 heavy (non-hydrogen) atoms. The maximum atomic E-state index is 10.5. The topological polar surface area (TPSA) is 50.2 Å². The minimum absolute atomic E-state index is 0.252. The van der Waals surface area contributed by atoms with Crippen LogP contribution in [0.2, 0.25) is 0 Å². The number of fused-ring (bicyclic) bond motifs is 1. The molecule has 1 unspecified atom stereocenters. The number of aliphatic carboxylic acids is 1. The first kappa shape index (κ1) is 8.23. The molecule has 0 amide bonds. The lowest BCUT2D eigenvalue weighted by molar-refractivity contribution is -0.138. The number of carboxylic acids is 1. The molecule has 1 atom stereocenters. The van der Waals surface area contributed by atoms with Crippen LogP contribution in [0.15, 0.2) is 18.3 Å². The van der Waals surface area contributed by atoms with Gasteiger partial charge in [0.25, 0.3) is 0 Å². The van der Waals surface area contributed by atoms with Gasteiger partial charge in [0.1, 0.15) is 0 Å². The average Bonchev–Trinajstić information content (AvgIpc) is 2.44. The summed E-state index contributed by atoms with van der Waals surface area (Å²) >= 11 is 0. The van der Waals surface area contributed by atoms with Gasteiger partial charge in [0.05, 0.1) is 0 Å². The fourth-order valence-corrected chi connectivity index (χ4v) is 1.89. The van der Waals surface area contributed by atoms with Gasteiger partial charge in [0.2, 0.25) is 0 Å². The number of rotatable bonds is 2. The molecule has 0 saturated carbocycles. The molecule has 0 radical (unpaired) electrons. The zero-order valence-corrected chi connectivity index (χ0v) is 7.23. The first-order valence-electron chi connectivity index (χ1n) is 4.40. The lowest BCUT2D eigenvalue weighted by atomic mass is 10.0. The van der Waals surface area contributed by atoms with Crippen molar-refractivity contribution in [1.82, 2.24) is 4.98 Å². The van der Waals surface area contributed by atoms with Crippen molar-refractivity contribution in [3.8, 4) is 0 Å². The van der Waals surface area contributed by atoms with Gasteiger partial charge in [-0.3, -0.25) is 9.78 Å². The molecule has 3 heteroatoms. The summed E-state index contributed by atoms with van der Waals surface area (Å²) in [6.45, 7) is 0. The fraction of sp³-hybridized carbons (Fsp3) is 0.400. The zero-order chi connectivity index (χ0) is 9.26. The second-order valence-electron chi connectivity index (χ2n) is 3.48. The number of aromatic nitrogens is 1. The second-order valence-corrected chi connectivity index (χ2v) is 3.48. The Morgan fingerprint density at radius 3 is 3.15 bits per heavy atom. The Kier molecular flexibility index (Phi) is 2.00. The molecule has 0 aliphatic heterocycles. The molecule has 1 aromatic heterocycles. The summed E-state index contributed by atoms with van der Waals surface area (Å²) < 4.78 is 0. The summed E-state index contributed by atoms with van der Waals surface area (Å²) in [6.07, 6.45) is 3.72. The number of carboxylic acid groups (broad SMARTS) is 1. The van der Waals surface area contributed by atoms with Crippen molar-refractivity contribution in [3.63, 3.8) is 0 Å². The summed E-state index contributed by atoms with van der Waals surface area (Å²) in [4.78, 5) is 14.7. The first-order chi connectivity index (χ1) is 6.25. The van der Waals surface area contributed by atoms with Crippen LogP contribution in [0.1, 0.15) is 17.7 Å². The Hall–Kier alpha value is -1.38. The van der Waals surface area contributed by atoms with E-state index in [4.69, 9.17) is 5.11 Å². The molecule has 0 fully saturated rings. The highest BCUT2D eigenvalue weighted by molar-refractivity contribution is 5.67. The van der Waals surface area contributed by atoms with Gasteiger partial charge >= 0.3 is 5.97 Å². The van der Waals surface area contributed by atoms with E-state index in [0.29, 0.717) is 0 Å². The largest absolute Gasteiger partial charge is 0.481 e. The van der Waals surface area contributed by atoms with E-state index in [-0.39, 0.29) is 12.3 Å². The van der Waals surface area contributed by atoms with Crippen LogP contribution in [0, 0.1) is 5.92 Å². The smallest absolute Gasteiger partial charge is 0.303 e. The number of nitrogens with zero attached hydrogens (tertiary/aromatic N) is 1. The molecule has 1 aromatic rings. The first-order valence-corrected chi connectivity index (χ1v) is 4.40. The predicted molar refractivity (Wildman–Crippen MR) is 47.4 cm³/mol. The number of hydrogen-bond acceptors (Lipinski definition) is 2. The van der Waals surface area contributed by atoms with Crippen molar-refractivity contribution in [3.05, 3.63) is 29.6 Å². The Morgan fingerprint density at radius 2 is 2.46 bits per heavy atom. The van der Waals surface area contributed by atoms with Crippen LogP contribution >= 0.6 is 0 Å². The number of carbonyl (C=O) groups is 1. The van der Waals surface area contributed by atoms with Crippen LogP contribution in [0.4, 0.5) is 0 Å². The van der Waals surface area contributed by atoms with Gasteiger partial charge in [-0.05, 0) is 30.4 Å². The van der Waals surface area contributed by atoms with E-state index >= 15 is 0 Å². The van der Waals surface area contributed by atoms with Gasteiger partial charge in [-0.25, -0.2) is 0 Å². The summed E-state index contributed by atoms with van der Waals surface area (Å²) in [5, 5.41) is 8.63. The van der Waals surface area contributed by atoms with Crippen molar-refractivity contribution < 1.29 is 9.90 Å². The molecule has 3 nitrogen and oxygen atoms in total. The van der Waals surface area contributed by atoms with Crippen LogP contribution in [0.5, 0.6) is 0 Å². The minimum Gasteiger partial charge on any atom is -0.481 e. The predicted octanol–water partition coefficient (Wildman–Crippen LogP) is 1.27. The monoisotopic (exact) mass is 177 g/mol. The molecule has 1 heterocycles. The molecule has 1 aliphatic rings. The average molecular weight is 177 g/mol. The summed E-state index contributed by atoms with van der Waals surface area (Å²) in [5.74, 6) is -0.458. The third-order valence-corrected chi connectivity index (χ3v) is 2.44.